The second kappa shape index (κ2) is 5.27. The highest BCUT2D eigenvalue weighted by Gasteiger charge is 2.40. The molecule has 0 spiro atoms. The molecule has 2 saturated carbocycles. The number of aromatic nitrogens is 1. The van der Waals surface area contributed by atoms with E-state index in [-0.39, 0.29) is 5.91 Å². The molecule has 2 bridgehead atoms. The Balaban J connectivity index is 1.49. The molecule has 114 valence electrons. The monoisotopic (exact) mass is 295 g/mol. The molecule has 0 radical (unpaired) electrons. The number of carbonyl (C=O) groups is 1. The third kappa shape index (κ3) is 2.23. The maximum absolute atomic E-state index is 12.4. The first-order valence-corrected chi connectivity index (χ1v) is 8.13. The molecule has 2 N–H and O–H groups in total. The van der Waals surface area contributed by atoms with Crippen LogP contribution < -0.4 is 5.43 Å². The molecule has 2 aromatic rings. The average molecular weight is 295 g/mol. The zero-order valence-electron chi connectivity index (χ0n) is 12.8. The van der Waals surface area contributed by atoms with Crippen LogP contribution >= 0.6 is 0 Å². The van der Waals surface area contributed by atoms with Crippen LogP contribution in [0.5, 0.6) is 0 Å². The van der Waals surface area contributed by atoms with E-state index in [0.29, 0.717) is 11.5 Å². The van der Waals surface area contributed by atoms with Crippen LogP contribution in [0.3, 0.4) is 0 Å². The number of para-hydroxylation sites is 1. The van der Waals surface area contributed by atoms with Crippen LogP contribution in [0.1, 0.15) is 43.0 Å². The van der Waals surface area contributed by atoms with Crippen molar-refractivity contribution in [2.45, 2.75) is 32.6 Å². The minimum Gasteiger partial charge on any atom is -0.360 e. The Hall–Kier alpha value is -2.10. The molecule has 2 aliphatic carbocycles. The third-order valence-electron chi connectivity index (χ3n) is 5.44. The number of nitrogens with one attached hydrogen (secondary N) is 2. The van der Waals surface area contributed by atoms with Gasteiger partial charge in [-0.3, -0.25) is 4.79 Å². The van der Waals surface area contributed by atoms with E-state index in [1.807, 2.05) is 24.3 Å². The lowest BCUT2D eigenvalue weighted by Crippen LogP contribution is -2.24. The van der Waals surface area contributed by atoms with Crippen molar-refractivity contribution in [2.24, 2.45) is 22.9 Å². The zero-order valence-corrected chi connectivity index (χ0v) is 12.8. The molecule has 4 rings (SSSR count). The van der Waals surface area contributed by atoms with E-state index in [0.717, 1.165) is 28.5 Å². The quantitative estimate of drug-likeness (QED) is 0.658. The molecule has 0 aliphatic heterocycles. The van der Waals surface area contributed by atoms with Gasteiger partial charge in [-0.2, -0.15) is 5.10 Å². The van der Waals surface area contributed by atoms with Crippen molar-refractivity contribution in [3.63, 3.8) is 0 Å². The van der Waals surface area contributed by atoms with E-state index in [1.165, 1.54) is 25.7 Å². The molecule has 1 heterocycles. The van der Waals surface area contributed by atoms with Crippen LogP contribution in [0, 0.1) is 17.8 Å². The molecule has 0 unspecified atom stereocenters. The standard InChI is InChI=1S/C18H21N3O/c1-11(15-9-12-6-7-13(15)8-12)20-21-18(22)16-10-19-17-5-3-2-4-14(16)17/h2-5,10,12-13,15,19H,6-9H2,1H3,(H,21,22)/b20-11+/t12-,13-,15-/m1/s1. The highest BCUT2D eigenvalue weighted by atomic mass is 16.2. The Kier molecular flexibility index (Phi) is 3.25. The van der Waals surface area contributed by atoms with E-state index in [1.54, 1.807) is 6.20 Å². The summed E-state index contributed by atoms with van der Waals surface area (Å²) in [7, 11) is 0. The normalized spacial score (nSPS) is 27.5. The Morgan fingerprint density at radius 2 is 2.14 bits per heavy atom. The number of fused-ring (bicyclic) bond motifs is 3. The summed E-state index contributed by atoms with van der Waals surface area (Å²) in [6.07, 6.45) is 7.08. The summed E-state index contributed by atoms with van der Waals surface area (Å²) < 4.78 is 0. The predicted molar refractivity (Wildman–Crippen MR) is 87.8 cm³/mol. The second-order valence-electron chi connectivity index (χ2n) is 6.72. The molecule has 3 atom stereocenters. The minimum absolute atomic E-state index is 0.139. The van der Waals surface area contributed by atoms with Crippen LogP contribution in [-0.2, 0) is 0 Å². The maximum atomic E-state index is 12.4. The molecule has 0 saturated heterocycles. The SMILES string of the molecule is C/C(=N\NC(=O)c1c[nH]c2ccccc12)[C@H]1C[C@@H]2CC[C@@H]1C2. The van der Waals surface area contributed by atoms with Gasteiger partial charge in [0.25, 0.3) is 5.91 Å². The maximum Gasteiger partial charge on any atom is 0.273 e. The van der Waals surface area contributed by atoms with E-state index in [9.17, 15) is 4.79 Å². The molecule has 4 nitrogen and oxygen atoms in total. The van der Waals surface area contributed by atoms with E-state index in [4.69, 9.17) is 0 Å². The molecule has 2 fully saturated rings. The molecule has 1 aromatic heterocycles. The molecule has 1 aromatic carbocycles. The van der Waals surface area contributed by atoms with E-state index >= 15 is 0 Å². The van der Waals surface area contributed by atoms with Gasteiger partial charge in [0, 0.05) is 28.7 Å². The molecule has 2 aliphatic rings. The lowest BCUT2D eigenvalue weighted by Gasteiger charge is -2.21. The van der Waals surface area contributed by atoms with Crippen molar-refractivity contribution in [2.75, 3.05) is 0 Å². The van der Waals surface area contributed by atoms with Gasteiger partial charge in [-0.25, -0.2) is 5.43 Å². The Labute approximate surface area is 130 Å². The van der Waals surface area contributed by atoms with Gasteiger partial charge in [0.1, 0.15) is 0 Å². The second-order valence-corrected chi connectivity index (χ2v) is 6.72. The number of aromatic amines is 1. The summed E-state index contributed by atoms with van der Waals surface area (Å²) in [5, 5.41) is 5.33. The van der Waals surface area contributed by atoms with Crippen LogP contribution in [0.2, 0.25) is 0 Å². The summed E-state index contributed by atoms with van der Waals surface area (Å²) in [5.41, 5.74) is 5.45. The zero-order chi connectivity index (χ0) is 15.1. The number of rotatable bonds is 3. The molecular weight excluding hydrogens is 274 g/mol. The first-order valence-electron chi connectivity index (χ1n) is 8.13. The van der Waals surface area contributed by atoms with Crippen molar-refractivity contribution in [1.29, 1.82) is 0 Å². The van der Waals surface area contributed by atoms with Crippen LogP contribution in [-0.4, -0.2) is 16.6 Å². The molecule has 4 heteroatoms. The first-order chi connectivity index (χ1) is 10.7. The number of H-pyrrole nitrogens is 1. The summed E-state index contributed by atoms with van der Waals surface area (Å²) in [5.74, 6) is 2.12. The van der Waals surface area contributed by atoms with Crippen LogP contribution in [0.4, 0.5) is 0 Å². The Morgan fingerprint density at radius 3 is 2.91 bits per heavy atom. The van der Waals surface area contributed by atoms with Crippen molar-refractivity contribution in [3.05, 3.63) is 36.0 Å². The minimum atomic E-state index is -0.139. The number of carbonyl (C=O) groups excluding carboxylic acids is 1. The number of hydrogen-bond acceptors (Lipinski definition) is 2. The number of benzene rings is 1. The van der Waals surface area contributed by atoms with E-state index in [2.05, 4.69) is 22.4 Å². The van der Waals surface area contributed by atoms with Gasteiger partial charge < -0.3 is 4.98 Å². The number of amides is 1. The lowest BCUT2D eigenvalue weighted by atomic mass is 9.86. The van der Waals surface area contributed by atoms with Gasteiger partial charge in [0.15, 0.2) is 0 Å². The van der Waals surface area contributed by atoms with Crippen molar-refractivity contribution in [1.82, 2.24) is 10.4 Å². The predicted octanol–water partition coefficient (Wildman–Crippen LogP) is 3.71. The summed E-state index contributed by atoms with van der Waals surface area (Å²) in [6, 6.07) is 7.82. The fourth-order valence-electron chi connectivity index (χ4n) is 4.30. The Bertz CT molecular complexity index is 746. The Morgan fingerprint density at radius 1 is 1.27 bits per heavy atom. The van der Waals surface area contributed by atoms with E-state index < -0.39 is 0 Å². The summed E-state index contributed by atoms with van der Waals surface area (Å²) >= 11 is 0. The third-order valence-corrected chi connectivity index (χ3v) is 5.44. The van der Waals surface area contributed by atoms with Crippen molar-refractivity contribution < 1.29 is 4.79 Å². The van der Waals surface area contributed by atoms with Gasteiger partial charge in [-0.1, -0.05) is 24.6 Å². The summed E-state index contributed by atoms with van der Waals surface area (Å²) in [6.45, 7) is 2.06. The van der Waals surface area contributed by atoms with Gasteiger partial charge in [0.2, 0.25) is 0 Å². The van der Waals surface area contributed by atoms with Gasteiger partial charge in [-0.05, 0) is 44.1 Å². The van der Waals surface area contributed by atoms with Gasteiger partial charge in [0.05, 0.1) is 5.56 Å². The smallest absolute Gasteiger partial charge is 0.273 e. The number of hydrazone groups is 1. The van der Waals surface area contributed by atoms with Crippen LogP contribution in [0.25, 0.3) is 10.9 Å². The van der Waals surface area contributed by atoms with Gasteiger partial charge in [-0.15, -0.1) is 0 Å². The topological polar surface area (TPSA) is 57.2 Å². The number of hydrogen-bond donors (Lipinski definition) is 2. The van der Waals surface area contributed by atoms with Crippen molar-refractivity contribution >= 4 is 22.5 Å². The highest BCUT2D eigenvalue weighted by molar-refractivity contribution is 6.07. The molecule has 1 amide bonds. The van der Waals surface area contributed by atoms with Crippen LogP contribution in [0.15, 0.2) is 35.6 Å². The van der Waals surface area contributed by atoms with Crippen molar-refractivity contribution in [3.8, 4) is 0 Å². The fourth-order valence-corrected chi connectivity index (χ4v) is 4.30. The first kappa shape index (κ1) is 13.6. The largest absolute Gasteiger partial charge is 0.360 e. The molecule has 22 heavy (non-hydrogen) atoms. The highest BCUT2D eigenvalue weighted by Crippen LogP contribution is 2.48. The van der Waals surface area contributed by atoms with Gasteiger partial charge >= 0.3 is 0 Å². The lowest BCUT2D eigenvalue weighted by molar-refractivity contribution is 0.0956. The summed E-state index contributed by atoms with van der Waals surface area (Å²) in [4.78, 5) is 15.5. The fraction of sp³-hybridized carbons (Fsp3) is 0.444. The molecular formula is C18H21N3O. The average Bonchev–Trinajstić information content (AvgIpc) is 3.26. The number of nitrogens with zero attached hydrogens (tertiary/aromatic N) is 1.